The Kier molecular flexibility index (Phi) is 3.10. The Balaban J connectivity index is 1.67. The summed E-state index contributed by atoms with van der Waals surface area (Å²) in [5.74, 6) is 1.60. The highest BCUT2D eigenvalue weighted by Gasteiger charge is 2.35. The third-order valence-electron chi connectivity index (χ3n) is 5.04. The molecule has 0 radical (unpaired) electrons. The second-order valence-electron chi connectivity index (χ2n) is 6.34. The minimum absolute atomic E-state index is 0.651. The topological polar surface area (TPSA) is 23.0 Å². The van der Waals surface area contributed by atoms with Gasteiger partial charge >= 0.3 is 0 Å². The Labute approximate surface area is 104 Å². The molecule has 0 spiro atoms. The van der Waals surface area contributed by atoms with Gasteiger partial charge < -0.3 is 0 Å². The normalized spacial score (nSPS) is 39.6. The molecule has 0 N–H and O–H groups in total. The van der Waals surface area contributed by atoms with Gasteiger partial charge in [-0.2, -0.15) is 0 Å². The maximum Gasteiger partial charge on any atom is 0.0926 e. The van der Waals surface area contributed by atoms with E-state index in [1.807, 2.05) is 0 Å². The molecular weight excluding hydrogens is 212 g/mol. The van der Waals surface area contributed by atoms with Crippen molar-refractivity contribution >= 4 is 0 Å². The van der Waals surface area contributed by atoms with E-state index in [1.54, 1.807) is 0 Å². The maximum atomic E-state index is 5.80. The zero-order valence-electron chi connectivity index (χ0n) is 11.3. The van der Waals surface area contributed by atoms with Crippen molar-refractivity contribution in [2.45, 2.75) is 77.3 Å². The van der Waals surface area contributed by atoms with E-state index in [1.165, 1.54) is 51.4 Å². The van der Waals surface area contributed by atoms with Gasteiger partial charge in [0.25, 0.3) is 0 Å². The van der Waals surface area contributed by atoms with Gasteiger partial charge in [-0.05, 0) is 37.5 Å². The summed E-state index contributed by atoms with van der Waals surface area (Å²) in [5, 5.41) is 0. The lowest BCUT2D eigenvalue weighted by Gasteiger charge is -2.27. The fraction of sp³-hybridized carbons (Fsp3) is 1.00. The minimum atomic E-state index is 0.651. The van der Waals surface area contributed by atoms with Crippen molar-refractivity contribution in [1.29, 1.82) is 0 Å². The highest BCUT2D eigenvalue weighted by atomic mass is 16.8. The molecule has 2 saturated carbocycles. The Morgan fingerprint density at radius 1 is 0.706 bits per heavy atom. The van der Waals surface area contributed by atoms with Crippen molar-refractivity contribution < 1.29 is 4.63 Å². The molecule has 2 fully saturated rings. The van der Waals surface area contributed by atoms with E-state index in [-0.39, 0.29) is 0 Å². The summed E-state index contributed by atoms with van der Waals surface area (Å²) in [5.41, 5.74) is 0. The van der Waals surface area contributed by atoms with Gasteiger partial charge in [0, 0.05) is 0 Å². The first-order chi connectivity index (χ1) is 8.27. The van der Waals surface area contributed by atoms with Crippen molar-refractivity contribution in [3.63, 3.8) is 0 Å². The molecular formula is C14H26N2O. The van der Waals surface area contributed by atoms with Crippen molar-refractivity contribution in [3.8, 4) is 0 Å². The van der Waals surface area contributed by atoms with Crippen molar-refractivity contribution in [1.82, 2.24) is 9.71 Å². The summed E-state index contributed by atoms with van der Waals surface area (Å²) in [6.45, 7) is 4.77. The molecule has 98 valence electrons. The Morgan fingerprint density at radius 3 is 1.53 bits per heavy atom. The molecule has 17 heavy (non-hydrogen) atoms. The third kappa shape index (κ3) is 2.21. The lowest BCUT2D eigenvalue weighted by atomic mass is 9.85. The van der Waals surface area contributed by atoms with Crippen molar-refractivity contribution in [3.05, 3.63) is 0 Å². The molecule has 4 unspecified atom stereocenters. The van der Waals surface area contributed by atoms with Crippen molar-refractivity contribution in [2.24, 2.45) is 11.8 Å². The van der Waals surface area contributed by atoms with E-state index < -0.39 is 0 Å². The second kappa shape index (κ2) is 4.58. The molecule has 0 aromatic carbocycles. The van der Waals surface area contributed by atoms with Gasteiger partial charge in [0.2, 0.25) is 0 Å². The van der Waals surface area contributed by atoms with Gasteiger partial charge in [0.1, 0.15) is 0 Å². The van der Waals surface area contributed by atoms with Crippen LogP contribution < -0.4 is 0 Å². The van der Waals surface area contributed by atoms with Gasteiger partial charge in [-0.15, -0.1) is 0 Å². The molecule has 2 aliphatic carbocycles. The fourth-order valence-electron chi connectivity index (χ4n) is 3.73. The molecule has 1 aromatic rings. The summed E-state index contributed by atoms with van der Waals surface area (Å²) in [4.78, 5) is 4.41. The van der Waals surface area contributed by atoms with Crippen LogP contribution in [0.25, 0.3) is 0 Å². The summed E-state index contributed by atoms with van der Waals surface area (Å²) >= 11 is 0. The lowest BCUT2D eigenvalue weighted by molar-refractivity contribution is 0.206. The molecule has 3 heteroatoms. The molecule has 2 aliphatic rings. The monoisotopic (exact) mass is 238 g/mol. The van der Waals surface area contributed by atoms with E-state index >= 15 is 0 Å². The fourth-order valence-corrected chi connectivity index (χ4v) is 3.73. The average molecular weight is 238 g/mol. The summed E-state index contributed by atoms with van der Waals surface area (Å²) in [7, 11) is 0. The molecule has 1 heterocycles. The van der Waals surface area contributed by atoms with Gasteiger partial charge in [0.15, 0.2) is 0 Å². The molecule has 0 amide bonds. The summed E-state index contributed by atoms with van der Waals surface area (Å²) in [6.07, 6.45) is 11.0. The van der Waals surface area contributed by atoms with Crippen LogP contribution in [-0.2, 0) is 0 Å². The van der Waals surface area contributed by atoms with Crippen LogP contribution in [0.4, 0.5) is 0 Å². The lowest BCUT2D eigenvalue weighted by Crippen LogP contribution is -2.23. The largest absolute Gasteiger partial charge is 0.254 e. The molecule has 3 nitrogen and oxygen atoms in total. The standard InChI is InChI=1S/C14H26N2O/c1-11-7-3-5-9-13(11)15-16(17-15)14-10-6-4-8-12(14)2/h11-14H,3-10H2,1-2H3. The van der Waals surface area contributed by atoms with E-state index in [4.69, 9.17) is 4.63 Å². The molecule has 4 atom stereocenters. The molecule has 1 aromatic heterocycles. The zero-order valence-corrected chi connectivity index (χ0v) is 11.3. The first-order valence-corrected chi connectivity index (χ1v) is 7.54. The Morgan fingerprint density at radius 2 is 1.12 bits per heavy atom. The SMILES string of the molecule is CC1CCCCC1n1on1C1CCCCC1C. The van der Waals surface area contributed by atoms with Crippen molar-refractivity contribution in [2.75, 3.05) is 0 Å². The maximum absolute atomic E-state index is 5.80. The quantitative estimate of drug-likeness (QED) is 0.749. The number of hydrogen-bond donors (Lipinski definition) is 0. The average Bonchev–Trinajstić information content (AvgIpc) is 3.10. The highest BCUT2D eigenvalue weighted by molar-refractivity contribution is 4.79. The van der Waals surface area contributed by atoms with Crippen LogP contribution >= 0.6 is 0 Å². The predicted octanol–water partition coefficient (Wildman–Crippen LogP) is 4.39. The Bertz CT molecular complexity index is 317. The van der Waals surface area contributed by atoms with Gasteiger partial charge in [-0.25, -0.2) is 0 Å². The molecule has 0 aliphatic heterocycles. The van der Waals surface area contributed by atoms with Gasteiger partial charge in [0.05, 0.1) is 12.1 Å². The number of aromatic nitrogens is 2. The summed E-state index contributed by atoms with van der Waals surface area (Å²) < 4.78 is 5.80. The smallest absolute Gasteiger partial charge is 0.0926 e. The van der Waals surface area contributed by atoms with Crippen LogP contribution in [0.2, 0.25) is 0 Å². The van der Waals surface area contributed by atoms with Crippen LogP contribution in [0.3, 0.4) is 0 Å². The van der Waals surface area contributed by atoms with E-state index in [2.05, 4.69) is 23.6 Å². The third-order valence-corrected chi connectivity index (χ3v) is 5.04. The molecule has 0 bridgehead atoms. The van der Waals surface area contributed by atoms with Gasteiger partial charge in [-0.3, -0.25) is 4.63 Å². The number of nitrogens with zero attached hydrogens (tertiary/aromatic N) is 2. The number of hydrogen-bond acceptors (Lipinski definition) is 1. The van der Waals surface area contributed by atoms with Crippen LogP contribution in [0.5, 0.6) is 0 Å². The zero-order chi connectivity index (χ0) is 11.8. The first kappa shape index (κ1) is 11.5. The minimum Gasteiger partial charge on any atom is -0.254 e. The second-order valence-corrected chi connectivity index (χ2v) is 6.34. The van der Waals surface area contributed by atoms with Crippen LogP contribution in [-0.4, -0.2) is 9.71 Å². The molecule has 3 rings (SSSR count). The van der Waals surface area contributed by atoms with Crippen LogP contribution in [0.1, 0.15) is 77.3 Å². The first-order valence-electron chi connectivity index (χ1n) is 7.54. The van der Waals surface area contributed by atoms with E-state index in [0.29, 0.717) is 12.1 Å². The Hall–Kier alpha value is -0.600. The highest BCUT2D eigenvalue weighted by Crippen LogP contribution is 2.40. The van der Waals surface area contributed by atoms with Crippen LogP contribution in [0.15, 0.2) is 4.63 Å². The predicted molar refractivity (Wildman–Crippen MR) is 68.0 cm³/mol. The van der Waals surface area contributed by atoms with Crippen LogP contribution in [0, 0.1) is 11.8 Å². The molecule has 0 saturated heterocycles. The summed E-state index contributed by atoms with van der Waals surface area (Å²) in [6, 6.07) is 1.30. The van der Waals surface area contributed by atoms with E-state index in [9.17, 15) is 0 Å². The number of rotatable bonds is 2. The van der Waals surface area contributed by atoms with E-state index in [0.717, 1.165) is 11.8 Å². The van der Waals surface area contributed by atoms with Gasteiger partial charge in [-0.1, -0.05) is 49.2 Å².